The van der Waals surface area contributed by atoms with Gasteiger partial charge in [-0.05, 0) is 6.07 Å². The number of H-pyrrole nitrogens is 1. The lowest BCUT2D eigenvalue weighted by Gasteiger charge is -1.91. The van der Waals surface area contributed by atoms with Crippen LogP contribution in [0, 0.1) is 16.0 Å². The Morgan fingerprint density at radius 2 is 2.40 bits per heavy atom. The van der Waals surface area contributed by atoms with Gasteiger partial charge in [-0.2, -0.15) is 5.26 Å². The van der Waals surface area contributed by atoms with Crippen LogP contribution in [0.1, 0.15) is 5.56 Å². The Kier molecular flexibility index (Phi) is 1.69. The zero-order valence-corrected chi connectivity index (χ0v) is 5.90. The Bertz CT molecular complexity index is 334. The third-order valence-electron chi connectivity index (χ3n) is 1.06. The first-order valence-corrected chi connectivity index (χ1v) is 3.03. The van der Waals surface area contributed by atoms with Gasteiger partial charge in [0.05, 0.1) is 11.3 Å². The summed E-state index contributed by atoms with van der Waals surface area (Å²) in [5.74, 6) is 0. The second kappa shape index (κ2) is 2.50. The first-order chi connectivity index (χ1) is 4.74. The van der Waals surface area contributed by atoms with Crippen molar-refractivity contribution in [2.45, 2.75) is 0 Å². The van der Waals surface area contributed by atoms with E-state index in [1.54, 1.807) is 6.07 Å². The Balaban J connectivity index is 3.34. The van der Waals surface area contributed by atoms with Crippen LogP contribution in [0.15, 0.2) is 12.3 Å². The van der Waals surface area contributed by atoms with E-state index >= 15 is 0 Å². The molecule has 0 fully saturated rings. The van der Waals surface area contributed by atoms with E-state index in [-0.39, 0.29) is 0 Å². The summed E-state index contributed by atoms with van der Waals surface area (Å²) in [4.78, 5) is 2.69. The van der Waals surface area contributed by atoms with Crippen LogP contribution in [0.3, 0.4) is 0 Å². The number of pyridine rings is 1. The number of rotatable bonds is 0. The predicted molar refractivity (Wildman–Crippen MR) is 40.8 cm³/mol. The molecule has 0 aliphatic heterocycles. The minimum Gasteiger partial charge on any atom is -0.396 e. The molecule has 10 heavy (non-hydrogen) atoms. The molecule has 0 saturated carbocycles. The second-order valence-corrected chi connectivity index (χ2v) is 2.19. The molecule has 0 unspecified atom stereocenters. The van der Waals surface area contributed by atoms with Crippen LogP contribution in [-0.4, -0.2) is 4.98 Å². The molecule has 0 atom stereocenters. The molecule has 0 aliphatic carbocycles. The van der Waals surface area contributed by atoms with Crippen LogP contribution in [0.5, 0.6) is 0 Å². The third kappa shape index (κ3) is 1.14. The van der Waals surface area contributed by atoms with Gasteiger partial charge in [0.25, 0.3) is 0 Å². The highest BCUT2D eigenvalue weighted by Gasteiger charge is 1.91. The Morgan fingerprint density at radius 1 is 1.70 bits per heavy atom. The van der Waals surface area contributed by atoms with Crippen molar-refractivity contribution in [3.63, 3.8) is 0 Å². The molecule has 0 spiro atoms. The fraction of sp³-hybridized carbons (Fsp3) is 0. The SMILES string of the molecule is N#Cc1c[nH]c(=S)c(N)c1. The molecule has 3 nitrogen and oxygen atoms in total. The molecule has 0 aliphatic rings. The van der Waals surface area contributed by atoms with E-state index in [0.717, 1.165) is 0 Å². The molecule has 1 aromatic rings. The van der Waals surface area contributed by atoms with Gasteiger partial charge >= 0.3 is 0 Å². The van der Waals surface area contributed by atoms with E-state index in [9.17, 15) is 0 Å². The molecule has 1 rings (SSSR count). The van der Waals surface area contributed by atoms with Crippen LogP contribution >= 0.6 is 12.2 Å². The van der Waals surface area contributed by atoms with Gasteiger partial charge < -0.3 is 10.7 Å². The summed E-state index contributed by atoms with van der Waals surface area (Å²) in [7, 11) is 0. The maximum absolute atomic E-state index is 8.39. The van der Waals surface area contributed by atoms with Gasteiger partial charge in [0.1, 0.15) is 10.7 Å². The Labute approximate surface area is 63.1 Å². The van der Waals surface area contributed by atoms with Crippen LogP contribution in [0.2, 0.25) is 0 Å². The summed E-state index contributed by atoms with van der Waals surface area (Å²) in [6, 6.07) is 3.48. The Morgan fingerprint density at radius 3 is 2.90 bits per heavy atom. The van der Waals surface area contributed by atoms with Crippen LogP contribution in [0.25, 0.3) is 0 Å². The molecule has 4 heteroatoms. The number of anilines is 1. The summed E-state index contributed by atoms with van der Waals surface area (Å²) < 4.78 is 0.471. The number of aromatic nitrogens is 1. The highest BCUT2D eigenvalue weighted by Crippen LogP contribution is 2.04. The van der Waals surface area contributed by atoms with E-state index in [4.69, 9.17) is 23.2 Å². The standard InChI is InChI=1S/C6H5N3S/c7-2-4-1-5(8)6(10)9-3-4/h1,3H,8H2,(H,9,10). The first-order valence-electron chi connectivity index (χ1n) is 2.62. The highest BCUT2D eigenvalue weighted by molar-refractivity contribution is 7.71. The topological polar surface area (TPSA) is 65.6 Å². The highest BCUT2D eigenvalue weighted by atomic mass is 32.1. The molecule has 50 valence electrons. The van der Waals surface area contributed by atoms with Crippen molar-refractivity contribution in [3.05, 3.63) is 22.5 Å². The number of nitrogens with one attached hydrogen (secondary N) is 1. The van der Waals surface area contributed by atoms with E-state index in [1.807, 2.05) is 6.07 Å². The number of hydrogen-bond acceptors (Lipinski definition) is 3. The molecule has 3 N–H and O–H groups in total. The zero-order valence-electron chi connectivity index (χ0n) is 5.09. The summed E-state index contributed by atoms with van der Waals surface area (Å²) in [5, 5.41) is 8.39. The van der Waals surface area contributed by atoms with Gasteiger partial charge in [-0.1, -0.05) is 12.2 Å². The average molecular weight is 151 g/mol. The third-order valence-corrected chi connectivity index (χ3v) is 1.41. The lowest BCUT2D eigenvalue weighted by atomic mass is 10.3. The molecule has 0 saturated heterocycles. The predicted octanol–water partition coefficient (Wildman–Crippen LogP) is 1.20. The van der Waals surface area contributed by atoms with Gasteiger partial charge in [-0.15, -0.1) is 0 Å². The number of aromatic amines is 1. The molecular weight excluding hydrogens is 146 g/mol. The van der Waals surface area contributed by atoms with Gasteiger partial charge in [-0.3, -0.25) is 0 Å². The van der Waals surface area contributed by atoms with E-state index in [0.29, 0.717) is 15.9 Å². The number of nitrogens with zero attached hydrogens (tertiary/aromatic N) is 1. The molecular formula is C6H5N3S. The Hall–Kier alpha value is -1.34. The second-order valence-electron chi connectivity index (χ2n) is 1.78. The van der Waals surface area contributed by atoms with Gasteiger partial charge in [0, 0.05) is 6.20 Å². The van der Waals surface area contributed by atoms with Crippen molar-refractivity contribution >= 4 is 17.9 Å². The maximum Gasteiger partial charge on any atom is 0.126 e. The van der Waals surface area contributed by atoms with Gasteiger partial charge in [0.2, 0.25) is 0 Å². The van der Waals surface area contributed by atoms with Gasteiger partial charge in [-0.25, -0.2) is 0 Å². The smallest absolute Gasteiger partial charge is 0.126 e. The van der Waals surface area contributed by atoms with Crippen LogP contribution in [-0.2, 0) is 0 Å². The van der Waals surface area contributed by atoms with Crippen molar-refractivity contribution in [1.29, 1.82) is 5.26 Å². The fourth-order valence-electron chi connectivity index (χ4n) is 0.566. The monoisotopic (exact) mass is 151 g/mol. The van der Waals surface area contributed by atoms with Crippen molar-refractivity contribution in [1.82, 2.24) is 4.98 Å². The molecule has 0 aromatic carbocycles. The average Bonchev–Trinajstić information content (AvgIpc) is 1.95. The van der Waals surface area contributed by atoms with Gasteiger partial charge in [0.15, 0.2) is 0 Å². The first kappa shape index (κ1) is 6.78. The van der Waals surface area contributed by atoms with E-state index < -0.39 is 0 Å². The van der Waals surface area contributed by atoms with Crippen molar-refractivity contribution in [2.75, 3.05) is 5.73 Å². The number of nitrogens with two attached hydrogens (primary N) is 1. The minimum atomic E-state index is 0.439. The summed E-state index contributed by atoms with van der Waals surface area (Å²) in [6.07, 6.45) is 1.53. The molecule has 0 radical (unpaired) electrons. The zero-order chi connectivity index (χ0) is 7.56. The number of hydrogen-bond donors (Lipinski definition) is 2. The summed E-state index contributed by atoms with van der Waals surface area (Å²) in [5.41, 5.74) is 6.34. The van der Waals surface area contributed by atoms with E-state index in [1.165, 1.54) is 6.20 Å². The summed E-state index contributed by atoms with van der Waals surface area (Å²) >= 11 is 4.77. The molecule has 1 aromatic heterocycles. The molecule has 1 heterocycles. The largest absolute Gasteiger partial charge is 0.396 e. The minimum absolute atomic E-state index is 0.439. The van der Waals surface area contributed by atoms with Crippen LogP contribution in [0.4, 0.5) is 5.69 Å². The van der Waals surface area contributed by atoms with E-state index in [2.05, 4.69) is 4.98 Å². The summed E-state index contributed by atoms with van der Waals surface area (Å²) in [6.45, 7) is 0. The fourth-order valence-corrected chi connectivity index (χ4v) is 0.684. The number of nitrogen functional groups attached to an aromatic ring is 1. The van der Waals surface area contributed by atoms with Crippen LogP contribution < -0.4 is 5.73 Å². The van der Waals surface area contributed by atoms with Crippen molar-refractivity contribution < 1.29 is 0 Å². The molecule has 0 bridgehead atoms. The lowest BCUT2D eigenvalue weighted by molar-refractivity contribution is 1.28. The van der Waals surface area contributed by atoms with Crippen molar-refractivity contribution in [2.24, 2.45) is 0 Å². The van der Waals surface area contributed by atoms with Crippen molar-refractivity contribution in [3.8, 4) is 6.07 Å². The quantitative estimate of drug-likeness (QED) is 0.547. The number of nitriles is 1. The normalized spacial score (nSPS) is 8.70. The lowest BCUT2D eigenvalue weighted by Crippen LogP contribution is -1.89. The molecule has 0 amide bonds. The maximum atomic E-state index is 8.39.